The summed E-state index contributed by atoms with van der Waals surface area (Å²) in [5.74, 6) is 0.399. The van der Waals surface area contributed by atoms with Crippen molar-refractivity contribution in [2.24, 2.45) is 5.92 Å². The second kappa shape index (κ2) is 3.85. The topological polar surface area (TPSA) is 17.1 Å². The average molecular weight is 182 g/mol. The van der Waals surface area contributed by atoms with Gasteiger partial charge in [-0.3, -0.25) is 4.79 Å². The number of rotatable bonds is 3. The number of Topliss-reactive ketones (excluding diaryl/α,β-unsaturated/α-hetero) is 1. The summed E-state index contributed by atoms with van der Waals surface area (Å²) in [5.41, 5.74) is 1.19. The van der Waals surface area contributed by atoms with E-state index in [1.807, 2.05) is 25.3 Å². The highest BCUT2D eigenvalue weighted by molar-refractivity contribution is 7.12. The zero-order valence-electron chi connectivity index (χ0n) is 7.76. The third-order valence-electron chi connectivity index (χ3n) is 1.88. The van der Waals surface area contributed by atoms with Gasteiger partial charge in [-0.1, -0.05) is 20.8 Å². The fourth-order valence-electron chi connectivity index (χ4n) is 1.09. The van der Waals surface area contributed by atoms with Crippen molar-refractivity contribution in [3.05, 3.63) is 21.9 Å². The van der Waals surface area contributed by atoms with E-state index in [2.05, 4.69) is 6.92 Å². The summed E-state index contributed by atoms with van der Waals surface area (Å²) in [7, 11) is 0. The van der Waals surface area contributed by atoms with Crippen molar-refractivity contribution in [1.29, 1.82) is 0 Å². The van der Waals surface area contributed by atoms with Crippen molar-refractivity contribution in [1.82, 2.24) is 0 Å². The summed E-state index contributed by atoms with van der Waals surface area (Å²) in [6.45, 7) is 5.97. The Bertz CT molecular complexity index is 273. The highest BCUT2D eigenvalue weighted by atomic mass is 32.1. The van der Waals surface area contributed by atoms with Crippen LogP contribution in [0.5, 0.6) is 0 Å². The average Bonchev–Trinajstić information content (AvgIpc) is 2.49. The van der Waals surface area contributed by atoms with Crippen molar-refractivity contribution >= 4 is 17.1 Å². The van der Waals surface area contributed by atoms with Gasteiger partial charge in [0.25, 0.3) is 0 Å². The Morgan fingerprint density at radius 3 is 2.75 bits per heavy atom. The molecule has 0 fully saturated rings. The van der Waals surface area contributed by atoms with Crippen LogP contribution in [-0.4, -0.2) is 5.78 Å². The van der Waals surface area contributed by atoms with Gasteiger partial charge in [0.15, 0.2) is 5.78 Å². The van der Waals surface area contributed by atoms with E-state index in [0.29, 0.717) is 0 Å². The molecule has 0 aliphatic carbocycles. The molecular formula is C10H14OS. The molecule has 12 heavy (non-hydrogen) atoms. The first kappa shape index (κ1) is 9.46. The Kier molecular flexibility index (Phi) is 3.04. The molecule has 0 unspecified atom stereocenters. The predicted octanol–water partition coefficient (Wildman–Crippen LogP) is 3.15. The number of ketones is 1. The van der Waals surface area contributed by atoms with Gasteiger partial charge in [0.1, 0.15) is 0 Å². The van der Waals surface area contributed by atoms with Gasteiger partial charge < -0.3 is 0 Å². The predicted molar refractivity (Wildman–Crippen MR) is 52.9 cm³/mol. The first-order valence-electron chi connectivity index (χ1n) is 4.27. The molecule has 0 aliphatic heterocycles. The van der Waals surface area contributed by atoms with Gasteiger partial charge in [0.05, 0.1) is 4.88 Å². The number of carbonyl (C=O) groups is 1. The molecule has 1 rings (SSSR count). The third kappa shape index (κ3) is 1.75. The lowest BCUT2D eigenvalue weighted by Crippen LogP contribution is -2.07. The molecule has 2 heteroatoms. The van der Waals surface area contributed by atoms with E-state index in [4.69, 9.17) is 0 Å². The summed E-state index contributed by atoms with van der Waals surface area (Å²) in [4.78, 5) is 12.5. The largest absolute Gasteiger partial charge is 0.293 e. The molecule has 0 aromatic carbocycles. The highest BCUT2D eigenvalue weighted by Gasteiger charge is 2.14. The van der Waals surface area contributed by atoms with E-state index in [1.54, 1.807) is 11.3 Å². The van der Waals surface area contributed by atoms with Gasteiger partial charge in [0.2, 0.25) is 0 Å². The Morgan fingerprint density at radius 2 is 2.25 bits per heavy atom. The molecule has 1 nitrogen and oxygen atoms in total. The van der Waals surface area contributed by atoms with Crippen molar-refractivity contribution in [2.45, 2.75) is 27.2 Å². The first-order chi connectivity index (χ1) is 5.66. The van der Waals surface area contributed by atoms with Crippen LogP contribution in [0.1, 0.15) is 36.0 Å². The number of hydrogen-bond donors (Lipinski definition) is 0. The molecule has 0 saturated carbocycles. The maximum atomic E-state index is 11.6. The summed E-state index contributed by atoms with van der Waals surface area (Å²) in [6.07, 6.45) is 0.956. The SMILES string of the molecule is CCc1ccsc1C(=O)C(C)C. The Balaban J connectivity index is 2.94. The third-order valence-corrected chi connectivity index (χ3v) is 2.85. The lowest BCUT2D eigenvalue weighted by Gasteiger charge is -2.02. The number of hydrogen-bond acceptors (Lipinski definition) is 2. The minimum atomic E-state index is 0.119. The lowest BCUT2D eigenvalue weighted by molar-refractivity contribution is 0.0942. The summed E-state index contributed by atoms with van der Waals surface area (Å²) < 4.78 is 0. The lowest BCUT2D eigenvalue weighted by atomic mass is 10.0. The minimum absolute atomic E-state index is 0.119. The second-order valence-corrected chi connectivity index (χ2v) is 4.06. The first-order valence-corrected chi connectivity index (χ1v) is 5.15. The van der Waals surface area contributed by atoms with Crippen LogP contribution in [0.2, 0.25) is 0 Å². The van der Waals surface area contributed by atoms with E-state index in [9.17, 15) is 4.79 Å². The van der Waals surface area contributed by atoms with E-state index >= 15 is 0 Å². The highest BCUT2D eigenvalue weighted by Crippen LogP contribution is 2.20. The van der Waals surface area contributed by atoms with Crippen molar-refractivity contribution in [3.8, 4) is 0 Å². The van der Waals surface area contributed by atoms with Crippen LogP contribution >= 0.6 is 11.3 Å². The molecule has 66 valence electrons. The Morgan fingerprint density at radius 1 is 1.58 bits per heavy atom. The zero-order chi connectivity index (χ0) is 9.14. The molecular weight excluding hydrogens is 168 g/mol. The normalized spacial score (nSPS) is 10.7. The molecule has 0 spiro atoms. The van der Waals surface area contributed by atoms with Crippen molar-refractivity contribution in [2.75, 3.05) is 0 Å². The Labute approximate surface area is 77.4 Å². The summed E-state index contributed by atoms with van der Waals surface area (Å²) in [6, 6.07) is 2.04. The van der Waals surface area contributed by atoms with Gasteiger partial charge in [-0.15, -0.1) is 11.3 Å². The quantitative estimate of drug-likeness (QED) is 0.656. The number of thiophene rings is 1. The fourth-order valence-corrected chi connectivity index (χ4v) is 2.18. The van der Waals surface area contributed by atoms with Crippen molar-refractivity contribution < 1.29 is 4.79 Å². The fraction of sp³-hybridized carbons (Fsp3) is 0.500. The van der Waals surface area contributed by atoms with Gasteiger partial charge in [-0.2, -0.15) is 0 Å². The van der Waals surface area contributed by atoms with Crippen LogP contribution in [-0.2, 0) is 6.42 Å². The van der Waals surface area contributed by atoms with E-state index < -0.39 is 0 Å². The molecule has 0 N–H and O–H groups in total. The molecule has 0 atom stereocenters. The second-order valence-electron chi connectivity index (χ2n) is 3.15. The maximum absolute atomic E-state index is 11.6. The zero-order valence-corrected chi connectivity index (χ0v) is 8.57. The van der Waals surface area contributed by atoms with Crippen LogP contribution < -0.4 is 0 Å². The standard InChI is InChI=1S/C10H14OS/c1-4-8-5-6-12-10(8)9(11)7(2)3/h5-7H,4H2,1-3H3. The van der Waals surface area contributed by atoms with Crippen LogP contribution in [0.4, 0.5) is 0 Å². The summed E-state index contributed by atoms with van der Waals surface area (Å²) in [5, 5.41) is 1.99. The molecule has 0 bridgehead atoms. The van der Waals surface area contributed by atoms with Crippen LogP contribution in [0.25, 0.3) is 0 Å². The van der Waals surface area contributed by atoms with E-state index in [-0.39, 0.29) is 11.7 Å². The van der Waals surface area contributed by atoms with Gasteiger partial charge in [-0.25, -0.2) is 0 Å². The molecule has 0 aliphatic rings. The molecule has 1 heterocycles. The molecule has 1 aromatic heterocycles. The number of aryl methyl sites for hydroxylation is 1. The van der Waals surface area contributed by atoms with Crippen LogP contribution in [0.3, 0.4) is 0 Å². The monoisotopic (exact) mass is 182 g/mol. The minimum Gasteiger partial charge on any atom is -0.293 e. The van der Waals surface area contributed by atoms with Crippen LogP contribution in [0, 0.1) is 5.92 Å². The van der Waals surface area contributed by atoms with Crippen LogP contribution in [0.15, 0.2) is 11.4 Å². The summed E-state index contributed by atoms with van der Waals surface area (Å²) >= 11 is 1.56. The van der Waals surface area contributed by atoms with Gasteiger partial charge >= 0.3 is 0 Å². The molecule has 1 aromatic rings. The van der Waals surface area contributed by atoms with Gasteiger partial charge in [0, 0.05) is 5.92 Å². The molecule has 0 saturated heterocycles. The molecule has 0 amide bonds. The Hall–Kier alpha value is -0.630. The van der Waals surface area contributed by atoms with Crippen molar-refractivity contribution in [3.63, 3.8) is 0 Å². The maximum Gasteiger partial charge on any atom is 0.175 e. The van der Waals surface area contributed by atoms with Gasteiger partial charge in [-0.05, 0) is 23.4 Å². The van der Waals surface area contributed by atoms with E-state index in [1.165, 1.54) is 5.56 Å². The smallest absolute Gasteiger partial charge is 0.175 e. The van der Waals surface area contributed by atoms with E-state index in [0.717, 1.165) is 11.3 Å². The molecule has 0 radical (unpaired) electrons. The number of carbonyl (C=O) groups excluding carboxylic acids is 1.